The molecule has 0 unspecified atom stereocenters. The van der Waals surface area contributed by atoms with Crippen LogP contribution < -0.4 is 149 Å². The summed E-state index contributed by atoms with van der Waals surface area (Å²) in [6, 6.07) is 0. The van der Waals surface area contributed by atoms with E-state index in [2.05, 4.69) is 14.8 Å². The molecule has 34 heavy (non-hydrogen) atoms. The minimum Gasteiger partial charge on any atom is -0.805 e. The van der Waals surface area contributed by atoms with Crippen molar-refractivity contribution in [1.82, 2.24) is 5.32 Å². The summed E-state index contributed by atoms with van der Waals surface area (Å²) in [5, 5.41) is 17.7. The molecule has 184 valence electrons. The molecule has 0 aromatic carbocycles. The van der Waals surface area contributed by atoms with Crippen molar-refractivity contribution in [2.24, 2.45) is 5.73 Å². The van der Waals surface area contributed by atoms with Crippen LogP contribution in [0.5, 0.6) is 0 Å². The number of nitrogens with two attached hydrogens (primary N) is 1. The SMILES string of the molecule is CN.CNC(=O)P(=O)([O-])[O-].COP(=O)(OC)C(=O)CO.O=C(CO)P(=O)([O-])[O-].[2H]CF.[Na+].[Na+].[Na+].[Na+]. The number of nitrogens with one attached hydrogen (secondary N) is 1. The zero-order valence-electron chi connectivity index (χ0n) is 21.2. The van der Waals surface area contributed by atoms with Gasteiger partial charge < -0.3 is 59.0 Å². The van der Waals surface area contributed by atoms with Gasteiger partial charge in [-0.05, 0) is 7.05 Å². The van der Waals surface area contributed by atoms with Gasteiger partial charge in [0, 0.05) is 36.5 Å². The van der Waals surface area contributed by atoms with Crippen molar-refractivity contribution in [3.8, 4) is 0 Å². The van der Waals surface area contributed by atoms with Crippen molar-refractivity contribution in [3.05, 3.63) is 0 Å². The second kappa shape index (κ2) is 36.1. The van der Waals surface area contributed by atoms with Gasteiger partial charge in [0.2, 0.25) is 5.65 Å². The molecule has 0 aromatic rings. The molecule has 0 atom stereocenters. The summed E-state index contributed by atoms with van der Waals surface area (Å²) in [6.07, 6.45) is 0. The number of aliphatic hydroxyl groups excluding tert-OH is 2. The van der Waals surface area contributed by atoms with Gasteiger partial charge in [0.1, 0.15) is 13.2 Å². The molecule has 0 fully saturated rings. The first-order valence-electron chi connectivity index (χ1n) is 7.38. The first-order chi connectivity index (χ1) is 14.0. The van der Waals surface area contributed by atoms with E-state index in [9.17, 15) is 52.0 Å². The summed E-state index contributed by atoms with van der Waals surface area (Å²) in [5.74, 6) is 0. The molecule has 16 nitrogen and oxygen atoms in total. The first kappa shape index (κ1) is 57.1. The van der Waals surface area contributed by atoms with Gasteiger partial charge in [-0.3, -0.25) is 23.3 Å². The molecule has 0 radical (unpaired) electrons. The van der Waals surface area contributed by atoms with Crippen LogP contribution >= 0.6 is 22.8 Å². The molecule has 0 aliphatic heterocycles. The van der Waals surface area contributed by atoms with E-state index >= 15 is 0 Å². The Hall–Kier alpha value is 3.07. The van der Waals surface area contributed by atoms with Gasteiger partial charge in [-0.25, -0.2) is 0 Å². The van der Waals surface area contributed by atoms with Crippen molar-refractivity contribution < 1.29 is 191 Å². The molecule has 0 heterocycles. The fourth-order valence-electron chi connectivity index (χ4n) is 0.588. The summed E-state index contributed by atoms with van der Waals surface area (Å²) in [4.78, 5) is 68.4. The Bertz CT molecular complexity index is 616. The molecular weight excluding hydrogens is 576 g/mol. The van der Waals surface area contributed by atoms with Crippen LogP contribution in [-0.4, -0.2) is 75.6 Å². The average molecular weight is 601 g/mol. The van der Waals surface area contributed by atoms with Crippen LogP contribution in [0, 0.1) is 0 Å². The van der Waals surface area contributed by atoms with E-state index in [1.165, 1.54) is 7.05 Å². The van der Waals surface area contributed by atoms with Gasteiger partial charge in [0.15, 0.2) is 5.52 Å². The summed E-state index contributed by atoms with van der Waals surface area (Å²) in [5.41, 5.74) is 0.424. The summed E-state index contributed by atoms with van der Waals surface area (Å²) < 4.78 is 54.1. The van der Waals surface area contributed by atoms with Crippen LogP contribution in [0.3, 0.4) is 0 Å². The standard InChI is InChI=1S/C4H9O5P.C2H6NO4P.C2H5O5P.CH3F.CH5N.4Na/c1-8-10(7,9-2)4(6)3-5;1-3-2(4)8(5,6)7;3-1-2(4)8(5,6)7;2*1-2;;;;/h5H,3H2,1-2H3;1H3,(H,3,4)(H2,5,6,7);3H,1H2,(H2,5,6,7);1H3;2H2,1H3;;;;/q;;;;;4*+1/p-4/i;;;1D;;;;;. The Balaban J connectivity index is -0.0000000361. The Kier molecular flexibility index (Phi) is 60.5. The smallest absolute Gasteiger partial charge is 0.805 e. The summed E-state index contributed by atoms with van der Waals surface area (Å²) >= 11 is 0. The van der Waals surface area contributed by atoms with Gasteiger partial charge in [-0.15, -0.1) is 0 Å². The number of carbonyl (C=O) groups excluding carboxylic acids is 3. The molecule has 24 heteroatoms. The van der Waals surface area contributed by atoms with Crippen molar-refractivity contribution in [1.29, 1.82) is 0 Å². The average Bonchev–Trinajstić information content (AvgIpc) is 2.72. The molecule has 0 aliphatic rings. The Morgan fingerprint density at radius 2 is 1.15 bits per heavy atom. The number of carbonyl (C=O) groups is 3. The summed E-state index contributed by atoms with van der Waals surface area (Å²) in [7, 11) is -10.1. The molecule has 0 bridgehead atoms. The third-order valence-electron chi connectivity index (χ3n) is 1.82. The molecule has 0 saturated heterocycles. The zero-order valence-corrected chi connectivity index (χ0v) is 30.9. The van der Waals surface area contributed by atoms with Crippen LogP contribution in [0.15, 0.2) is 0 Å². The Labute approximate surface area is 286 Å². The number of halogens is 1. The molecule has 0 spiro atoms. The van der Waals surface area contributed by atoms with Crippen molar-refractivity contribution in [2.75, 3.05) is 48.7 Å². The van der Waals surface area contributed by atoms with Gasteiger partial charge >= 0.3 is 126 Å². The molecule has 5 N–H and O–H groups in total. The maximum Gasteiger partial charge on any atom is 1.00 e. The predicted octanol–water partition coefficient (Wildman–Crippen LogP) is -16.2. The van der Waals surface area contributed by atoms with E-state index in [0.717, 1.165) is 21.3 Å². The topological polar surface area (TPSA) is 292 Å². The molecule has 0 saturated carbocycles. The van der Waals surface area contributed by atoms with Crippen LogP contribution in [-0.2, 0) is 32.3 Å². The molecule has 0 aromatic heterocycles. The third-order valence-corrected chi connectivity index (χ3v) is 5.01. The van der Waals surface area contributed by atoms with Gasteiger partial charge in [0.25, 0.3) is 5.52 Å². The van der Waals surface area contributed by atoms with E-state index < -0.39 is 59.9 Å². The number of aliphatic hydroxyl groups is 2. The summed E-state index contributed by atoms with van der Waals surface area (Å²) in [6.45, 7) is -2.07. The van der Waals surface area contributed by atoms with E-state index in [4.69, 9.17) is 11.6 Å². The van der Waals surface area contributed by atoms with Crippen molar-refractivity contribution in [2.45, 2.75) is 0 Å². The van der Waals surface area contributed by atoms with Gasteiger partial charge in [-0.2, -0.15) is 0 Å². The normalized spacial score (nSPS) is 9.35. The molecule has 0 rings (SSSR count). The van der Waals surface area contributed by atoms with Gasteiger partial charge in [-0.1, -0.05) is 0 Å². The third kappa shape index (κ3) is 37.2. The number of alkyl halides is 1. The molecular formula is C10H24FN2Na4O14P3. The van der Waals surface area contributed by atoms with Crippen LogP contribution in [0.25, 0.3) is 0 Å². The van der Waals surface area contributed by atoms with Crippen LogP contribution in [0.1, 0.15) is 1.37 Å². The van der Waals surface area contributed by atoms with Crippen LogP contribution in [0.2, 0.25) is 0 Å². The Morgan fingerprint density at radius 3 is 1.18 bits per heavy atom. The molecule has 1 amide bonds. The molecule has 0 aliphatic carbocycles. The largest absolute Gasteiger partial charge is 1.00 e. The number of hydrogen-bond donors (Lipinski definition) is 4. The number of amides is 1. The van der Waals surface area contributed by atoms with Crippen molar-refractivity contribution >= 4 is 39.5 Å². The Morgan fingerprint density at radius 1 is 0.882 bits per heavy atom. The van der Waals surface area contributed by atoms with E-state index in [0.29, 0.717) is 0 Å². The van der Waals surface area contributed by atoms with E-state index in [1.54, 1.807) is 5.32 Å². The van der Waals surface area contributed by atoms with Gasteiger partial charge in [0.05, 0.1) is 8.52 Å². The number of rotatable bonds is 7. The maximum absolute atomic E-state index is 10.9. The van der Waals surface area contributed by atoms with E-state index in [-0.39, 0.29) is 118 Å². The fraction of sp³-hybridized carbons (Fsp3) is 0.700. The second-order valence-electron chi connectivity index (χ2n) is 3.52. The number of hydrogen-bond acceptors (Lipinski definition) is 15. The second-order valence-corrected chi connectivity index (χ2v) is 8.64. The minimum atomic E-state index is -5.15. The quantitative estimate of drug-likeness (QED) is 0.156. The maximum atomic E-state index is 10.9. The fourth-order valence-corrected chi connectivity index (χ4v) is 1.76. The first-order valence-corrected chi connectivity index (χ1v) is 11.3. The predicted molar refractivity (Wildman–Crippen MR) is 92.6 cm³/mol. The van der Waals surface area contributed by atoms with Crippen LogP contribution in [0.4, 0.5) is 9.18 Å². The zero-order chi connectivity index (χ0) is 26.5. The monoisotopic (exact) mass is 601 g/mol. The van der Waals surface area contributed by atoms with E-state index in [1.807, 2.05) is 0 Å². The minimum absolute atomic E-state index is 0. The van der Waals surface area contributed by atoms with Crippen molar-refractivity contribution in [3.63, 3.8) is 0 Å².